The van der Waals surface area contributed by atoms with Gasteiger partial charge >= 0.3 is 12.1 Å². The van der Waals surface area contributed by atoms with Gasteiger partial charge in [0, 0.05) is 30.2 Å². The summed E-state index contributed by atoms with van der Waals surface area (Å²) in [6, 6.07) is 6.50. The molecular formula is C29H29F2N3O8. The first-order valence-electron chi connectivity index (χ1n) is 13.7. The topological polar surface area (TPSA) is 142 Å². The van der Waals surface area contributed by atoms with Crippen LogP contribution < -0.4 is 20.0 Å². The molecule has 1 saturated carbocycles. The molecule has 1 unspecified atom stereocenters. The zero-order valence-corrected chi connectivity index (χ0v) is 22.5. The van der Waals surface area contributed by atoms with E-state index in [1.54, 1.807) is 9.47 Å². The number of hydrogen-bond acceptors (Lipinski definition) is 8. The first kappa shape index (κ1) is 27.9. The van der Waals surface area contributed by atoms with Gasteiger partial charge in [0.05, 0.1) is 36.6 Å². The van der Waals surface area contributed by atoms with Crippen molar-refractivity contribution in [2.75, 3.05) is 42.6 Å². The number of ether oxygens (including phenoxy) is 2. The molecule has 1 aromatic heterocycles. The zero-order valence-electron chi connectivity index (χ0n) is 22.5. The smallest absolute Gasteiger partial charge is 0.414 e. The number of hydrogen-bond donors (Lipinski definition) is 3. The van der Waals surface area contributed by atoms with Crippen LogP contribution in [-0.2, 0) is 4.74 Å². The van der Waals surface area contributed by atoms with Crippen molar-refractivity contribution in [1.82, 2.24) is 4.57 Å². The van der Waals surface area contributed by atoms with Crippen molar-refractivity contribution in [3.05, 3.63) is 63.9 Å². The number of piperidine rings is 1. The minimum absolute atomic E-state index is 0.0182. The minimum Gasteiger partial charge on any atom is -0.487 e. The van der Waals surface area contributed by atoms with Gasteiger partial charge in [0.2, 0.25) is 5.43 Å². The van der Waals surface area contributed by atoms with Crippen LogP contribution in [0.3, 0.4) is 0 Å². The van der Waals surface area contributed by atoms with Crippen molar-refractivity contribution in [3.8, 4) is 5.75 Å². The maximum absolute atomic E-state index is 15.4. The Morgan fingerprint density at radius 3 is 2.60 bits per heavy atom. The number of nitrogens with zero attached hydrogens (tertiary/aromatic N) is 3. The summed E-state index contributed by atoms with van der Waals surface area (Å²) in [6.07, 6.45) is 2.34. The second-order valence-electron chi connectivity index (χ2n) is 11.1. The van der Waals surface area contributed by atoms with Crippen molar-refractivity contribution >= 4 is 34.3 Å². The van der Waals surface area contributed by atoms with Gasteiger partial charge in [0.25, 0.3) is 0 Å². The maximum Gasteiger partial charge on any atom is 0.414 e. The molecule has 1 aliphatic carbocycles. The summed E-state index contributed by atoms with van der Waals surface area (Å²) in [4.78, 5) is 39.3. The molecule has 222 valence electrons. The molecular weight excluding hydrogens is 556 g/mol. The lowest BCUT2D eigenvalue weighted by Crippen LogP contribution is -2.52. The molecule has 3 aliphatic rings. The van der Waals surface area contributed by atoms with Crippen molar-refractivity contribution in [3.63, 3.8) is 0 Å². The van der Waals surface area contributed by atoms with E-state index in [0.29, 0.717) is 24.9 Å². The van der Waals surface area contributed by atoms with E-state index >= 15 is 4.39 Å². The highest BCUT2D eigenvalue weighted by molar-refractivity contribution is 5.93. The highest BCUT2D eigenvalue weighted by Crippen LogP contribution is 2.39. The van der Waals surface area contributed by atoms with Crippen molar-refractivity contribution in [2.24, 2.45) is 0 Å². The minimum atomic E-state index is -1.46. The first-order valence-corrected chi connectivity index (χ1v) is 13.7. The fraction of sp³-hybridized carbons (Fsp3) is 0.414. The van der Waals surface area contributed by atoms with Gasteiger partial charge in [-0.15, -0.1) is 0 Å². The highest BCUT2D eigenvalue weighted by Gasteiger charge is 2.37. The Kier molecular flexibility index (Phi) is 7.01. The van der Waals surface area contributed by atoms with Crippen LogP contribution in [0.15, 0.2) is 41.3 Å². The van der Waals surface area contributed by atoms with Gasteiger partial charge < -0.3 is 34.3 Å². The molecule has 0 radical (unpaired) electrons. The number of aromatic nitrogens is 1. The number of anilines is 2. The molecule has 0 bridgehead atoms. The summed E-state index contributed by atoms with van der Waals surface area (Å²) in [6.45, 7) is -0.181. The Hall–Kier alpha value is -4.23. The molecule has 2 aliphatic heterocycles. The number of benzene rings is 2. The van der Waals surface area contributed by atoms with Gasteiger partial charge in [0.1, 0.15) is 29.7 Å². The predicted molar refractivity (Wildman–Crippen MR) is 146 cm³/mol. The molecule has 1 amide bonds. The summed E-state index contributed by atoms with van der Waals surface area (Å²) in [5.74, 6) is -3.00. The van der Waals surface area contributed by atoms with Crippen LogP contribution in [0.1, 0.15) is 42.1 Å². The number of carbonyl (C=O) groups excluding carboxylic acids is 1. The van der Waals surface area contributed by atoms with Crippen LogP contribution in [0.5, 0.6) is 5.75 Å². The van der Waals surface area contributed by atoms with Crippen LogP contribution >= 0.6 is 0 Å². The number of carboxylic acid groups (broad SMARTS) is 1. The Morgan fingerprint density at radius 1 is 1.14 bits per heavy atom. The van der Waals surface area contributed by atoms with Crippen molar-refractivity contribution in [2.45, 2.75) is 43.4 Å². The number of β-amino-alcohol motifs (C(OH)–C–C–N with tert-alkyl or cyclic N) is 1. The van der Waals surface area contributed by atoms with Crippen LogP contribution in [0.4, 0.5) is 25.0 Å². The lowest BCUT2D eigenvalue weighted by atomic mass is 9.93. The van der Waals surface area contributed by atoms with E-state index < -0.39 is 46.4 Å². The number of halogens is 2. The second-order valence-corrected chi connectivity index (χ2v) is 11.1. The standard InChI is InChI=1S/C29H29F2N3O8/c30-21-9-19-23(33(16-2-3-16)12-20(26(19)36)27(37)38)10-24(21)32-7-1-6-29(40,14-32)15-41-25-5-4-17(8-22(25)31)34-11-18(13-35)42-28(34)39/h4-5,8-10,12,16,18,35,40H,1-3,6-7,11,13-15H2,(H,37,38)/t18-,29?/m1/s1. The lowest BCUT2D eigenvalue weighted by Gasteiger charge is -2.40. The van der Waals surface area contributed by atoms with E-state index in [0.717, 1.165) is 25.0 Å². The summed E-state index contributed by atoms with van der Waals surface area (Å²) < 4.78 is 42.6. The quantitative estimate of drug-likeness (QED) is 0.364. The van der Waals surface area contributed by atoms with E-state index in [2.05, 4.69) is 0 Å². The first-order chi connectivity index (χ1) is 20.1. The Bertz CT molecular complexity index is 1640. The van der Waals surface area contributed by atoms with Gasteiger partial charge in [-0.1, -0.05) is 0 Å². The molecule has 13 heteroatoms. The number of fused-ring (bicyclic) bond motifs is 1. The molecule has 0 spiro atoms. The molecule has 42 heavy (non-hydrogen) atoms. The largest absolute Gasteiger partial charge is 0.487 e. The van der Waals surface area contributed by atoms with E-state index in [4.69, 9.17) is 9.47 Å². The number of cyclic esters (lactones) is 1. The Labute approximate surface area is 238 Å². The molecule has 3 heterocycles. The molecule has 2 aromatic carbocycles. The Morgan fingerprint density at radius 2 is 1.93 bits per heavy atom. The average molecular weight is 586 g/mol. The van der Waals surface area contributed by atoms with Gasteiger partial charge in [-0.2, -0.15) is 0 Å². The zero-order chi connectivity index (χ0) is 29.8. The van der Waals surface area contributed by atoms with Gasteiger partial charge in [-0.05, 0) is 49.9 Å². The van der Waals surface area contributed by atoms with E-state index in [-0.39, 0.29) is 54.9 Å². The molecule has 2 saturated heterocycles. The van der Waals surface area contributed by atoms with Crippen LogP contribution in [0.25, 0.3) is 10.9 Å². The molecule has 6 rings (SSSR count). The molecule has 3 N–H and O–H groups in total. The monoisotopic (exact) mass is 585 g/mol. The number of carboxylic acids is 1. The number of rotatable bonds is 8. The fourth-order valence-electron chi connectivity index (χ4n) is 5.66. The van der Waals surface area contributed by atoms with Crippen molar-refractivity contribution < 1.29 is 43.2 Å². The van der Waals surface area contributed by atoms with Gasteiger partial charge in [-0.25, -0.2) is 18.4 Å². The van der Waals surface area contributed by atoms with E-state index in [9.17, 15) is 34.1 Å². The number of aromatic carboxylic acids is 1. The highest BCUT2D eigenvalue weighted by atomic mass is 19.1. The molecule has 3 fully saturated rings. The lowest BCUT2D eigenvalue weighted by molar-refractivity contribution is -0.0165. The van der Waals surface area contributed by atoms with Gasteiger partial charge in [-0.3, -0.25) is 9.69 Å². The summed E-state index contributed by atoms with van der Waals surface area (Å²) in [7, 11) is 0. The predicted octanol–water partition coefficient (Wildman–Crippen LogP) is 3.04. The third kappa shape index (κ3) is 5.13. The number of aliphatic hydroxyl groups is 2. The molecule has 11 nitrogen and oxygen atoms in total. The summed E-state index contributed by atoms with van der Waals surface area (Å²) >= 11 is 0. The third-order valence-electron chi connectivity index (χ3n) is 7.97. The van der Waals surface area contributed by atoms with Gasteiger partial charge in [0.15, 0.2) is 11.6 Å². The number of aliphatic hydroxyl groups excluding tert-OH is 1. The molecule has 2 atom stereocenters. The third-order valence-corrected chi connectivity index (χ3v) is 7.97. The van der Waals surface area contributed by atoms with E-state index in [1.807, 2.05) is 0 Å². The molecule has 3 aromatic rings. The van der Waals surface area contributed by atoms with Crippen molar-refractivity contribution in [1.29, 1.82) is 0 Å². The number of carbonyl (C=O) groups is 2. The normalized spacial score (nSPS) is 22.5. The van der Waals surface area contributed by atoms with Crippen LogP contribution in [0.2, 0.25) is 0 Å². The van der Waals surface area contributed by atoms with E-state index in [1.165, 1.54) is 29.3 Å². The maximum atomic E-state index is 15.4. The van der Waals surface area contributed by atoms with Crippen LogP contribution in [-0.4, -0.2) is 76.5 Å². The summed E-state index contributed by atoms with van der Waals surface area (Å²) in [5, 5.41) is 30.0. The number of amides is 1. The number of pyridine rings is 1. The summed E-state index contributed by atoms with van der Waals surface area (Å²) in [5.41, 5.74) is -1.82. The fourth-order valence-corrected chi connectivity index (χ4v) is 5.66. The Balaban J connectivity index is 1.21. The van der Waals surface area contributed by atoms with Crippen LogP contribution in [0, 0.1) is 11.6 Å². The SMILES string of the molecule is O=C(O)c1cn(C2CC2)c2cc(N3CCCC(O)(COc4ccc(N5C[C@H](CO)OC5=O)cc4F)C3)c(F)cc2c1=O. The average Bonchev–Trinajstić information content (AvgIpc) is 3.73. The second kappa shape index (κ2) is 10.6.